The van der Waals surface area contributed by atoms with Gasteiger partial charge in [0.2, 0.25) is 0 Å². The fraction of sp³-hybridized carbons (Fsp3) is 0.500. The second kappa shape index (κ2) is 9.39. The van der Waals surface area contributed by atoms with Crippen LogP contribution in [-0.4, -0.2) is 0 Å². The molecule has 0 aromatic carbocycles. The van der Waals surface area contributed by atoms with Gasteiger partial charge in [-0.2, -0.15) is 0 Å². The van der Waals surface area contributed by atoms with E-state index >= 15 is 0 Å². The minimum atomic E-state index is 0. The Morgan fingerprint density at radius 2 is 0.800 bits per heavy atom. The predicted molar refractivity (Wildman–Crippen MR) is 42.6 cm³/mol. The molecule has 0 saturated heterocycles. The molecule has 1 aliphatic rings. The summed E-state index contributed by atoms with van der Waals surface area (Å²) in [6.45, 7) is 0. The molecule has 0 heterocycles. The average molecular weight is 247 g/mol. The first-order valence-corrected chi connectivity index (χ1v) is 3.30. The summed E-state index contributed by atoms with van der Waals surface area (Å²) in [6.07, 6.45) is 14.0. The Labute approximate surface area is 81.9 Å². The maximum atomic E-state index is 2.27. The molecule has 1 rings (SSSR count). The molecule has 2 radical (unpaired) electrons. The van der Waals surface area contributed by atoms with E-state index in [1.54, 1.807) is 0 Å². The number of hydrogen-bond acceptors (Lipinski definition) is 0. The summed E-state index contributed by atoms with van der Waals surface area (Å²) in [6, 6.07) is 0. The average Bonchev–Trinajstić information content (AvgIpc) is 1.62. The molecular formula is C8H12ClRh. The van der Waals surface area contributed by atoms with E-state index in [-0.39, 0.29) is 31.9 Å². The molecule has 0 saturated carbocycles. The maximum Gasteiger partial charge on any atom is 0 e. The van der Waals surface area contributed by atoms with Crippen LogP contribution in [0.1, 0.15) is 25.7 Å². The van der Waals surface area contributed by atoms with Crippen LogP contribution in [0.25, 0.3) is 0 Å². The van der Waals surface area contributed by atoms with Gasteiger partial charge in [0.25, 0.3) is 0 Å². The van der Waals surface area contributed by atoms with Gasteiger partial charge in [-0.25, -0.2) is 0 Å². The van der Waals surface area contributed by atoms with Crippen molar-refractivity contribution in [3.63, 3.8) is 0 Å². The molecule has 2 heteroatoms. The zero-order valence-electron chi connectivity index (χ0n) is 5.85. The van der Waals surface area contributed by atoms with E-state index in [0.29, 0.717) is 0 Å². The molecule has 0 spiro atoms. The standard InChI is InChI=1S/C8H12.Cl.Rh/c1-2-4-6-8-7-5-3-1;;/h1-2,7-8H,3-6H2;;. The van der Waals surface area contributed by atoms with Gasteiger partial charge in [0.1, 0.15) is 0 Å². The van der Waals surface area contributed by atoms with Crippen molar-refractivity contribution in [3.05, 3.63) is 24.3 Å². The Balaban J connectivity index is 0. The van der Waals surface area contributed by atoms with Crippen molar-refractivity contribution in [2.24, 2.45) is 0 Å². The molecule has 0 unspecified atom stereocenters. The molecule has 0 aromatic rings. The van der Waals surface area contributed by atoms with Crippen LogP contribution in [-0.2, 0) is 19.5 Å². The summed E-state index contributed by atoms with van der Waals surface area (Å²) in [5.74, 6) is 0. The van der Waals surface area contributed by atoms with Crippen LogP contribution in [0.4, 0.5) is 0 Å². The van der Waals surface area contributed by atoms with Crippen LogP contribution >= 0.6 is 12.4 Å². The molecule has 0 N–H and O–H groups in total. The molecule has 0 atom stereocenters. The minimum absolute atomic E-state index is 0. The third kappa shape index (κ3) is 6.51. The molecule has 0 fully saturated rings. The molecule has 0 nitrogen and oxygen atoms in total. The van der Waals surface area contributed by atoms with Gasteiger partial charge < -0.3 is 0 Å². The van der Waals surface area contributed by atoms with Gasteiger partial charge in [-0.1, -0.05) is 24.3 Å². The van der Waals surface area contributed by atoms with Gasteiger partial charge in [0, 0.05) is 31.9 Å². The SMILES string of the molecule is C1=CCCC=CCC1.[Cl].[Rh]. The first-order valence-electron chi connectivity index (χ1n) is 3.30. The first-order chi connectivity index (χ1) is 4.00. The van der Waals surface area contributed by atoms with Crippen molar-refractivity contribution in [2.75, 3.05) is 0 Å². The van der Waals surface area contributed by atoms with Gasteiger partial charge >= 0.3 is 0 Å². The monoisotopic (exact) mass is 246 g/mol. The number of halogens is 1. The smallest absolute Gasteiger partial charge is 0 e. The summed E-state index contributed by atoms with van der Waals surface area (Å²) in [7, 11) is 0. The summed E-state index contributed by atoms with van der Waals surface area (Å²) >= 11 is 0. The zero-order chi connectivity index (χ0) is 5.66. The van der Waals surface area contributed by atoms with E-state index in [2.05, 4.69) is 24.3 Å². The van der Waals surface area contributed by atoms with Crippen molar-refractivity contribution < 1.29 is 19.5 Å². The fourth-order valence-corrected chi connectivity index (χ4v) is 0.856. The van der Waals surface area contributed by atoms with Gasteiger partial charge in [-0.3, -0.25) is 0 Å². The Morgan fingerprint density at radius 1 is 0.600 bits per heavy atom. The second-order valence-electron chi connectivity index (χ2n) is 2.10. The molecule has 0 aromatic heterocycles. The summed E-state index contributed by atoms with van der Waals surface area (Å²) in [5, 5.41) is 0. The maximum absolute atomic E-state index is 2.27. The molecule has 10 heavy (non-hydrogen) atoms. The number of hydrogen-bond donors (Lipinski definition) is 0. The Kier molecular flexibility index (Phi) is 12.2. The molecule has 60 valence electrons. The second-order valence-corrected chi connectivity index (χ2v) is 2.10. The summed E-state index contributed by atoms with van der Waals surface area (Å²) < 4.78 is 0. The van der Waals surface area contributed by atoms with Crippen molar-refractivity contribution in [2.45, 2.75) is 25.7 Å². The minimum Gasteiger partial charge on any atom is -0.0882 e. The predicted octanol–water partition coefficient (Wildman–Crippen LogP) is 3.36. The van der Waals surface area contributed by atoms with Crippen LogP contribution in [0.3, 0.4) is 0 Å². The van der Waals surface area contributed by atoms with E-state index in [1.165, 1.54) is 25.7 Å². The van der Waals surface area contributed by atoms with Crippen molar-refractivity contribution in [3.8, 4) is 0 Å². The van der Waals surface area contributed by atoms with Crippen LogP contribution in [0, 0.1) is 0 Å². The summed E-state index contributed by atoms with van der Waals surface area (Å²) in [4.78, 5) is 0. The van der Waals surface area contributed by atoms with Crippen LogP contribution in [0.2, 0.25) is 0 Å². The number of rotatable bonds is 0. The van der Waals surface area contributed by atoms with Gasteiger partial charge in [-0.15, -0.1) is 0 Å². The van der Waals surface area contributed by atoms with Crippen molar-refractivity contribution in [1.82, 2.24) is 0 Å². The van der Waals surface area contributed by atoms with Crippen LogP contribution in [0.15, 0.2) is 24.3 Å². The van der Waals surface area contributed by atoms with Gasteiger partial charge in [-0.05, 0) is 25.7 Å². The van der Waals surface area contributed by atoms with Crippen molar-refractivity contribution in [1.29, 1.82) is 0 Å². The largest absolute Gasteiger partial charge is 0.0882 e. The number of allylic oxidation sites excluding steroid dienone is 4. The summed E-state index contributed by atoms with van der Waals surface area (Å²) in [5.41, 5.74) is 0. The van der Waals surface area contributed by atoms with E-state index in [1.807, 2.05) is 0 Å². The zero-order valence-corrected chi connectivity index (χ0v) is 8.24. The quantitative estimate of drug-likeness (QED) is 0.454. The Bertz CT molecular complexity index is 81.8. The van der Waals surface area contributed by atoms with Gasteiger partial charge in [0.15, 0.2) is 0 Å². The molecule has 0 aliphatic heterocycles. The fourth-order valence-electron chi connectivity index (χ4n) is 0.856. The third-order valence-corrected chi connectivity index (χ3v) is 1.33. The van der Waals surface area contributed by atoms with E-state index < -0.39 is 0 Å². The van der Waals surface area contributed by atoms with Gasteiger partial charge in [0.05, 0.1) is 0 Å². The van der Waals surface area contributed by atoms with E-state index in [4.69, 9.17) is 0 Å². The van der Waals surface area contributed by atoms with E-state index in [9.17, 15) is 0 Å². The van der Waals surface area contributed by atoms with E-state index in [0.717, 1.165) is 0 Å². The molecule has 0 bridgehead atoms. The molecular weight excluding hydrogens is 234 g/mol. The Morgan fingerprint density at radius 3 is 1.00 bits per heavy atom. The van der Waals surface area contributed by atoms with Crippen molar-refractivity contribution >= 4 is 12.4 Å². The normalized spacial score (nSPS) is 16.0. The Hall–Kier alpha value is 0.393. The molecule has 1 aliphatic carbocycles. The third-order valence-electron chi connectivity index (χ3n) is 1.33. The topological polar surface area (TPSA) is 0 Å². The van der Waals surface area contributed by atoms with Crippen LogP contribution in [0.5, 0.6) is 0 Å². The first kappa shape index (κ1) is 13.0. The van der Waals surface area contributed by atoms with Crippen LogP contribution < -0.4 is 0 Å². The molecule has 0 amide bonds.